The third kappa shape index (κ3) is 4.12. The van der Waals surface area contributed by atoms with Gasteiger partial charge in [-0.2, -0.15) is 0 Å². The molecule has 0 aliphatic heterocycles. The van der Waals surface area contributed by atoms with Crippen molar-refractivity contribution in [2.24, 2.45) is 0 Å². The summed E-state index contributed by atoms with van der Waals surface area (Å²) in [4.78, 5) is 18.3. The largest absolute Gasteiger partial charge is 0.467 e. The Kier molecular flexibility index (Phi) is 5.24. The second kappa shape index (κ2) is 7.57. The Hall–Kier alpha value is -2.53. The number of amides is 1. The number of oxazole rings is 1. The van der Waals surface area contributed by atoms with Gasteiger partial charge in [0.15, 0.2) is 11.7 Å². The Morgan fingerprint density at radius 3 is 2.72 bits per heavy atom. The average molecular weight is 359 g/mol. The zero-order chi connectivity index (χ0) is 17.8. The minimum Gasteiger partial charge on any atom is -0.467 e. The van der Waals surface area contributed by atoms with Gasteiger partial charge in [0, 0.05) is 30.5 Å². The van der Waals surface area contributed by atoms with Crippen molar-refractivity contribution < 1.29 is 13.6 Å². The van der Waals surface area contributed by atoms with E-state index in [2.05, 4.69) is 4.98 Å². The molecule has 0 bridgehead atoms. The second-order valence-corrected chi connectivity index (χ2v) is 6.26. The Bertz CT molecular complexity index is 825. The van der Waals surface area contributed by atoms with E-state index in [1.165, 1.54) is 0 Å². The molecule has 130 valence electrons. The molecule has 0 saturated carbocycles. The van der Waals surface area contributed by atoms with Crippen LogP contribution < -0.4 is 0 Å². The van der Waals surface area contributed by atoms with Crippen molar-refractivity contribution in [3.05, 3.63) is 65.5 Å². The number of aryl methyl sites for hydroxylation is 1. The van der Waals surface area contributed by atoms with Gasteiger partial charge in [0.2, 0.25) is 5.91 Å². The molecule has 1 aromatic carbocycles. The van der Waals surface area contributed by atoms with Gasteiger partial charge in [-0.25, -0.2) is 4.98 Å². The first-order valence-electron chi connectivity index (χ1n) is 8.04. The lowest BCUT2D eigenvalue weighted by Crippen LogP contribution is -2.29. The predicted molar refractivity (Wildman–Crippen MR) is 95.2 cm³/mol. The quantitative estimate of drug-likeness (QED) is 0.638. The number of carbonyl (C=O) groups is 1. The van der Waals surface area contributed by atoms with Crippen LogP contribution in [0.1, 0.15) is 31.0 Å². The van der Waals surface area contributed by atoms with Crippen LogP contribution in [0.4, 0.5) is 0 Å². The Balaban J connectivity index is 1.58. The molecule has 1 atom stereocenters. The number of benzene rings is 1. The second-order valence-electron chi connectivity index (χ2n) is 5.82. The molecule has 1 unspecified atom stereocenters. The molecule has 0 saturated heterocycles. The summed E-state index contributed by atoms with van der Waals surface area (Å²) < 4.78 is 11.1. The van der Waals surface area contributed by atoms with Crippen LogP contribution in [0.25, 0.3) is 11.3 Å². The summed E-state index contributed by atoms with van der Waals surface area (Å²) in [5.74, 6) is 1.97. The SMILES string of the molecule is CC(c1ccco1)N(C)C(=O)CCc1ncc(-c2ccc(Cl)cc2)o1. The maximum atomic E-state index is 12.4. The minimum absolute atomic E-state index is 0.00939. The lowest BCUT2D eigenvalue weighted by atomic mass is 10.2. The smallest absolute Gasteiger partial charge is 0.223 e. The number of nitrogens with zero attached hydrogens (tertiary/aromatic N) is 2. The highest BCUT2D eigenvalue weighted by Gasteiger charge is 2.20. The first kappa shape index (κ1) is 17.3. The van der Waals surface area contributed by atoms with Gasteiger partial charge in [-0.15, -0.1) is 0 Å². The van der Waals surface area contributed by atoms with Gasteiger partial charge in [-0.05, 0) is 43.3 Å². The van der Waals surface area contributed by atoms with Crippen molar-refractivity contribution >= 4 is 17.5 Å². The maximum Gasteiger partial charge on any atom is 0.223 e. The molecular weight excluding hydrogens is 340 g/mol. The fraction of sp³-hybridized carbons (Fsp3) is 0.263. The highest BCUT2D eigenvalue weighted by atomic mass is 35.5. The number of carbonyl (C=O) groups excluding carboxylic acids is 1. The van der Waals surface area contributed by atoms with Crippen molar-refractivity contribution in [3.8, 4) is 11.3 Å². The lowest BCUT2D eigenvalue weighted by molar-refractivity contribution is -0.132. The van der Waals surface area contributed by atoms with E-state index in [1.807, 2.05) is 31.2 Å². The molecule has 3 rings (SSSR count). The van der Waals surface area contributed by atoms with Gasteiger partial charge in [-0.1, -0.05) is 11.6 Å². The molecule has 1 amide bonds. The third-order valence-corrected chi connectivity index (χ3v) is 4.42. The minimum atomic E-state index is -0.114. The molecule has 25 heavy (non-hydrogen) atoms. The van der Waals surface area contributed by atoms with Crippen LogP contribution in [0.5, 0.6) is 0 Å². The summed E-state index contributed by atoms with van der Waals surface area (Å²) in [5.41, 5.74) is 0.901. The van der Waals surface area contributed by atoms with Crippen molar-refractivity contribution in [1.29, 1.82) is 0 Å². The molecule has 5 nitrogen and oxygen atoms in total. The standard InChI is InChI=1S/C19H19ClN2O3/c1-13(16-4-3-11-24-16)22(2)19(23)10-9-18-21-12-17(25-18)14-5-7-15(20)8-6-14/h3-8,11-13H,9-10H2,1-2H3. The van der Waals surface area contributed by atoms with Crippen LogP contribution >= 0.6 is 11.6 Å². The zero-order valence-corrected chi connectivity index (χ0v) is 14.9. The van der Waals surface area contributed by atoms with Crippen molar-refractivity contribution in [1.82, 2.24) is 9.88 Å². The molecule has 0 aliphatic carbocycles. The van der Waals surface area contributed by atoms with Gasteiger partial charge < -0.3 is 13.7 Å². The zero-order valence-electron chi connectivity index (χ0n) is 14.1. The number of furan rings is 1. The van der Waals surface area contributed by atoms with Gasteiger partial charge >= 0.3 is 0 Å². The van der Waals surface area contributed by atoms with Crippen molar-refractivity contribution in [2.75, 3.05) is 7.05 Å². The molecule has 0 aliphatic rings. The summed E-state index contributed by atoms with van der Waals surface area (Å²) in [7, 11) is 1.77. The van der Waals surface area contributed by atoms with Crippen LogP contribution in [-0.4, -0.2) is 22.8 Å². The van der Waals surface area contributed by atoms with Gasteiger partial charge in [0.25, 0.3) is 0 Å². The molecule has 0 radical (unpaired) electrons. The van der Waals surface area contributed by atoms with Crippen LogP contribution in [-0.2, 0) is 11.2 Å². The van der Waals surface area contributed by atoms with Gasteiger partial charge in [-0.3, -0.25) is 4.79 Å². The Morgan fingerprint density at radius 1 is 1.28 bits per heavy atom. The summed E-state index contributed by atoms with van der Waals surface area (Å²) in [6, 6.07) is 10.9. The molecule has 0 fully saturated rings. The number of hydrogen-bond acceptors (Lipinski definition) is 4. The van der Waals surface area contributed by atoms with Crippen molar-refractivity contribution in [2.45, 2.75) is 25.8 Å². The van der Waals surface area contributed by atoms with E-state index in [0.29, 0.717) is 29.5 Å². The van der Waals surface area contributed by atoms with E-state index in [4.69, 9.17) is 20.4 Å². The summed E-state index contributed by atoms with van der Waals surface area (Å²) in [6.07, 6.45) is 4.04. The van der Waals surface area contributed by atoms with Crippen molar-refractivity contribution in [3.63, 3.8) is 0 Å². The normalized spacial score (nSPS) is 12.1. The Labute approximate surface area is 151 Å². The van der Waals surface area contributed by atoms with Crippen LogP contribution in [0.3, 0.4) is 0 Å². The third-order valence-electron chi connectivity index (χ3n) is 4.16. The fourth-order valence-corrected chi connectivity index (χ4v) is 2.63. The first-order valence-corrected chi connectivity index (χ1v) is 8.42. The highest BCUT2D eigenvalue weighted by molar-refractivity contribution is 6.30. The molecule has 3 aromatic rings. The number of rotatable bonds is 6. The van der Waals surface area contributed by atoms with Crippen LogP contribution in [0, 0.1) is 0 Å². The number of halogens is 1. The van der Waals surface area contributed by atoms with Gasteiger partial charge in [0.05, 0.1) is 18.5 Å². The Morgan fingerprint density at radius 2 is 2.04 bits per heavy atom. The molecule has 0 N–H and O–H groups in total. The first-order chi connectivity index (χ1) is 12.0. The molecular formula is C19H19ClN2O3. The van der Waals surface area contributed by atoms with Gasteiger partial charge in [0.1, 0.15) is 5.76 Å². The number of aromatic nitrogens is 1. The maximum absolute atomic E-state index is 12.4. The molecule has 2 aromatic heterocycles. The summed E-state index contributed by atoms with van der Waals surface area (Å²) in [6.45, 7) is 1.93. The molecule has 0 spiro atoms. The fourth-order valence-electron chi connectivity index (χ4n) is 2.50. The van der Waals surface area contributed by atoms with Crippen LogP contribution in [0.2, 0.25) is 5.02 Å². The van der Waals surface area contributed by atoms with E-state index < -0.39 is 0 Å². The van der Waals surface area contributed by atoms with E-state index in [0.717, 1.165) is 11.3 Å². The highest BCUT2D eigenvalue weighted by Crippen LogP contribution is 2.23. The summed E-state index contributed by atoms with van der Waals surface area (Å²) in [5, 5.41) is 0.669. The van der Waals surface area contributed by atoms with E-state index in [1.54, 1.807) is 36.5 Å². The number of hydrogen-bond donors (Lipinski definition) is 0. The molecule has 6 heteroatoms. The average Bonchev–Trinajstić information content (AvgIpc) is 3.31. The monoisotopic (exact) mass is 358 g/mol. The predicted octanol–water partition coefficient (Wildman–Crippen LogP) is 4.74. The topological polar surface area (TPSA) is 59.5 Å². The lowest BCUT2D eigenvalue weighted by Gasteiger charge is -2.23. The van der Waals surface area contributed by atoms with E-state index >= 15 is 0 Å². The summed E-state index contributed by atoms with van der Waals surface area (Å²) >= 11 is 5.89. The van der Waals surface area contributed by atoms with E-state index in [-0.39, 0.29) is 11.9 Å². The molecule has 2 heterocycles. The van der Waals surface area contributed by atoms with Crippen LogP contribution in [0.15, 0.2) is 57.7 Å². The van der Waals surface area contributed by atoms with E-state index in [9.17, 15) is 4.79 Å².